The maximum absolute atomic E-state index is 11.5. The van der Waals surface area contributed by atoms with Crippen molar-refractivity contribution in [3.63, 3.8) is 0 Å². The number of halogens is 1. The summed E-state index contributed by atoms with van der Waals surface area (Å²) >= 11 is 6.98. The lowest BCUT2D eigenvalue weighted by Crippen LogP contribution is -2.32. The molecule has 0 radical (unpaired) electrons. The minimum absolute atomic E-state index is 0.318. The van der Waals surface area contributed by atoms with E-state index in [2.05, 4.69) is 45.5 Å². The van der Waals surface area contributed by atoms with Gasteiger partial charge < -0.3 is 4.74 Å². The van der Waals surface area contributed by atoms with Gasteiger partial charge in [-0.25, -0.2) is 0 Å². The minimum Gasteiger partial charge on any atom is -0.426 e. The molecule has 0 aromatic heterocycles. The zero-order valence-corrected chi connectivity index (χ0v) is 16.7. The van der Waals surface area contributed by atoms with Gasteiger partial charge in [0.15, 0.2) is 7.38 Å². The molecule has 2 rings (SSSR count). The Hall–Kier alpha value is -1.58. The molecule has 0 saturated carbocycles. The van der Waals surface area contributed by atoms with E-state index in [1.807, 2.05) is 30.3 Å². The third-order valence-corrected chi connectivity index (χ3v) is 11.6. The summed E-state index contributed by atoms with van der Waals surface area (Å²) in [5, 5.41) is 2.16. The Labute approximate surface area is 150 Å². The summed E-state index contributed by atoms with van der Waals surface area (Å²) in [6.45, 7) is 10.1. The summed E-state index contributed by atoms with van der Waals surface area (Å²) in [4.78, 5) is 11.5. The van der Waals surface area contributed by atoms with Crippen molar-refractivity contribution in [2.75, 3.05) is 0 Å². The molecular weight excluding hydrogens is 336 g/mol. The molecule has 0 aliphatic heterocycles. The molecule has 2 nitrogen and oxygen atoms in total. The van der Waals surface area contributed by atoms with Gasteiger partial charge in [0, 0.05) is 12.5 Å². The van der Waals surface area contributed by atoms with Gasteiger partial charge in [-0.05, 0) is 34.0 Å². The van der Waals surface area contributed by atoms with E-state index in [0.29, 0.717) is 16.8 Å². The fourth-order valence-electron chi connectivity index (χ4n) is 2.88. The molecule has 0 bridgehead atoms. The first-order valence-corrected chi connectivity index (χ1v) is 11.6. The number of carbonyl (C=O) groups excluding carboxylic acids is 1. The molecule has 4 heteroatoms. The highest BCUT2D eigenvalue weighted by atomic mass is 35.6. The van der Waals surface area contributed by atoms with Gasteiger partial charge >= 0.3 is 5.97 Å². The van der Waals surface area contributed by atoms with E-state index in [9.17, 15) is 4.79 Å². The van der Waals surface area contributed by atoms with Gasteiger partial charge in [-0.3, -0.25) is 4.79 Å². The summed E-state index contributed by atoms with van der Waals surface area (Å²) in [5.74, 6) is 0.264. The quantitative estimate of drug-likeness (QED) is 0.270. The standard InChI is InChI=1S/C20H25ClO2Si/c1-14(2)24(21,15(3)4)11-10-19-12-17-8-6-7-9-18(17)13-20(19)23-16(5)22/h6-15H,1-5H3/b11-10+. The van der Waals surface area contributed by atoms with E-state index >= 15 is 0 Å². The molecule has 0 spiro atoms. The molecule has 0 fully saturated rings. The zero-order chi connectivity index (χ0) is 17.9. The summed E-state index contributed by atoms with van der Waals surface area (Å²) in [6.07, 6.45) is 2.03. The van der Waals surface area contributed by atoms with Gasteiger partial charge in [-0.1, -0.05) is 63.7 Å². The number of hydrogen-bond acceptors (Lipinski definition) is 2. The molecule has 0 unspecified atom stereocenters. The second kappa shape index (κ2) is 7.54. The van der Waals surface area contributed by atoms with Crippen LogP contribution < -0.4 is 4.74 Å². The molecule has 24 heavy (non-hydrogen) atoms. The number of hydrogen-bond donors (Lipinski definition) is 0. The van der Waals surface area contributed by atoms with E-state index in [4.69, 9.17) is 15.8 Å². The maximum Gasteiger partial charge on any atom is 0.308 e. The van der Waals surface area contributed by atoms with Crippen LogP contribution in [0.25, 0.3) is 16.8 Å². The Morgan fingerprint density at radius 3 is 2.12 bits per heavy atom. The van der Waals surface area contributed by atoms with Crippen LogP contribution >= 0.6 is 11.1 Å². The second-order valence-corrected chi connectivity index (χ2v) is 13.1. The first kappa shape index (κ1) is 18.8. The van der Waals surface area contributed by atoms with E-state index in [0.717, 1.165) is 16.3 Å². The van der Waals surface area contributed by atoms with Crippen molar-refractivity contribution in [3.05, 3.63) is 47.7 Å². The molecule has 128 valence electrons. The number of fused-ring (bicyclic) bond motifs is 1. The van der Waals surface area contributed by atoms with Gasteiger partial charge in [0.2, 0.25) is 0 Å². The van der Waals surface area contributed by atoms with Crippen LogP contribution in [0.15, 0.2) is 42.1 Å². The van der Waals surface area contributed by atoms with Crippen LogP contribution in [0.1, 0.15) is 40.2 Å². The average molecular weight is 361 g/mol. The average Bonchev–Trinajstić information content (AvgIpc) is 2.51. The lowest BCUT2D eigenvalue weighted by Gasteiger charge is -2.29. The Morgan fingerprint density at radius 1 is 1.08 bits per heavy atom. The predicted molar refractivity (Wildman–Crippen MR) is 106 cm³/mol. The predicted octanol–water partition coefficient (Wildman–Crippen LogP) is 6.32. The fraction of sp³-hybridized carbons (Fsp3) is 0.350. The van der Waals surface area contributed by atoms with Gasteiger partial charge in [0.25, 0.3) is 0 Å². The monoisotopic (exact) mass is 360 g/mol. The van der Waals surface area contributed by atoms with Crippen LogP contribution in [0, 0.1) is 0 Å². The number of esters is 1. The molecule has 0 aliphatic carbocycles. The molecule has 0 amide bonds. The highest BCUT2D eigenvalue weighted by molar-refractivity contribution is 7.24. The van der Waals surface area contributed by atoms with Crippen molar-refractivity contribution < 1.29 is 9.53 Å². The lowest BCUT2D eigenvalue weighted by atomic mass is 10.1. The zero-order valence-electron chi connectivity index (χ0n) is 15.0. The van der Waals surface area contributed by atoms with E-state index in [-0.39, 0.29) is 5.97 Å². The maximum atomic E-state index is 11.5. The van der Waals surface area contributed by atoms with Gasteiger partial charge in [-0.15, -0.1) is 0 Å². The first-order valence-electron chi connectivity index (χ1n) is 8.33. The van der Waals surface area contributed by atoms with Crippen LogP contribution in [0.4, 0.5) is 0 Å². The minimum atomic E-state index is -2.07. The summed E-state index contributed by atoms with van der Waals surface area (Å²) in [5.41, 5.74) is 3.91. The van der Waals surface area contributed by atoms with Gasteiger partial charge in [0.05, 0.1) is 0 Å². The SMILES string of the molecule is CC(=O)Oc1cc2ccccc2cc1/C=C/[Si](Cl)(C(C)C)C(C)C. The largest absolute Gasteiger partial charge is 0.426 e. The summed E-state index contributed by atoms with van der Waals surface area (Å²) in [6, 6.07) is 12.0. The van der Waals surface area contributed by atoms with Crippen molar-refractivity contribution in [1.29, 1.82) is 0 Å². The van der Waals surface area contributed by atoms with Crippen LogP contribution in [-0.4, -0.2) is 13.4 Å². The molecule has 2 aromatic rings. The Morgan fingerprint density at radius 2 is 1.62 bits per heavy atom. The van der Waals surface area contributed by atoms with Crippen LogP contribution in [0.2, 0.25) is 11.1 Å². The third-order valence-electron chi connectivity index (χ3n) is 4.42. The van der Waals surface area contributed by atoms with E-state index in [1.54, 1.807) is 0 Å². The Balaban J connectivity index is 2.53. The normalized spacial score (nSPS) is 12.5. The topological polar surface area (TPSA) is 26.3 Å². The molecule has 0 saturated heterocycles. The summed E-state index contributed by atoms with van der Waals surface area (Å²) in [7, 11) is -2.07. The number of benzene rings is 2. The Kier molecular flexibility index (Phi) is 5.89. The van der Waals surface area contributed by atoms with E-state index < -0.39 is 7.38 Å². The van der Waals surface area contributed by atoms with Crippen molar-refractivity contribution >= 4 is 41.3 Å². The molecule has 0 N–H and O–H groups in total. The van der Waals surface area contributed by atoms with Crippen molar-refractivity contribution in [3.8, 4) is 5.75 Å². The van der Waals surface area contributed by atoms with Crippen molar-refractivity contribution in [2.24, 2.45) is 0 Å². The smallest absolute Gasteiger partial charge is 0.308 e. The number of rotatable bonds is 5. The van der Waals surface area contributed by atoms with Crippen LogP contribution in [-0.2, 0) is 4.79 Å². The second-order valence-electron chi connectivity index (χ2n) is 6.80. The Bertz CT molecular complexity index is 757. The van der Waals surface area contributed by atoms with E-state index in [1.165, 1.54) is 6.92 Å². The molecule has 0 atom stereocenters. The molecule has 2 aromatic carbocycles. The van der Waals surface area contributed by atoms with Gasteiger partial charge in [-0.2, -0.15) is 11.1 Å². The summed E-state index contributed by atoms with van der Waals surface area (Å²) < 4.78 is 5.42. The highest BCUT2D eigenvalue weighted by Crippen LogP contribution is 2.38. The van der Waals surface area contributed by atoms with Crippen LogP contribution in [0.5, 0.6) is 5.75 Å². The highest BCUT2D eigenvalue weighted by Gasteiger charge is 2.35. The molecule has 0 aliphatic rings. The van der Waals surface area contributed by atoms with Crippen molar-refractivity contribution in [2.45, 2.75) is 45.7 Å². The first-order chi connectivity index (χ1) is 11.2. The molecular formula is C20H25ClO2Si. The van der Waals surface area contributed by atoms with Crippen LogP contribution in [0.3, 0.4) is 0 Å². The van der Waals surface area contributed by atoms with Crippen molar-refractivity contribution in [1.82, 2.24) is 0 Å². The third kappa shape index (κ3) is 4.08. The lowest BCUT2D eigenvalue weighted by molar-refractivity contribution is -0.131. The van der Waals surface area contributed by atoms with Gasteiger partial charge in [0.1, 0.15) is 5.75 Å². The molecule has 0 heterocycles. The number of ether oxygens (including phenoxy) is 1. The fourth-order valence-corrected chi connectivity index (χ4v) is 5.61. The number of carbonyl (C=O) groups is 1.